The molecule has 1 aliphatic heterocycles. The summed E-state index contributed by atoms with van der Waals surface area (Å²) in [5, 5.41) is 3.72. The molecule has 5 heteroatoms. The van der Waals surface area contributed by atoms with Crippen LogP contribution >= 0.6 is 11.6 Å². The highest BCUT2D eigenvalue weighted by Crippen LogP contribution is 2.28. The molecule has 4 nitrogen and oxygen atoms in total. The molecule has 23 heavy (non-hydrogen) atoms. The molecule has 0 aliphatic carbocycles. The molecule has 3 rings (SSSR count). The molecule has 1 atom stereocenters. The number of amides is 1. The van der Waals surface area contributed by atoms with Crippen molar-refractivity contribution < 1.29 is 4.79 Å². The lowest BCUT2D eigenvalue weighted by atomic mass is 9.90. The summed E-state index contributed by atoms with van der Waals surface area (Å²) in [6.45, 7) is 1.55. The number of likely N-dealkylation sites (tertiary alicyclic amines) is 1. The molecule has 0 spiro atoms. The molecule has 120 valence electrons. The number of hydrogen-bond acceptors (Lipinski definition) is 3. The Balaban J connectivity index is 1.75. The summed E-state index contributed by atoms with van der Waals surface area (Å²) in [5.74, 6) is 1.15. The second kappa shape index (κ2) is 7.01. The highest BCUT2D eigenvalue weighted by molar-refractivity contribution is 6.30. The average Bonchev–Trinajstić information content (AvgIpc) is 2.62. The quantitative estimate of drug-likeness (QED) is 0.931. The molecule has 1 amide bonds. The predicted molar refractivity (Wildman–Crippen MR) is 93.1 cm³/mol. The SMILES string of the molecule is CNc1cc(C(=O)N2CCC[C@H](c3ccc(Cl)cc3)C2)ccn1. The number of hydrogen-bond donors (Lipinski definition) is 1. The number of aromatic nitrogens is 1. The Kier molecular flexibility index (Phi) is 4.82. The Morgan fingerprint density at radius 3 is 2.83 bits per heavy atom. The highest BCUT2D eigenvalue weighted by Gasteiger charge is 2.25. The van der Waals surface area contributed by atoms with Gasteiger partial charge in [-0.15, -0.1) is 0 Å². The van der Waals surface area contributed by atoms with Crippen LogP contribution < -0.4 is 5.32 Å². The van der Waals surface area contributed by atoms with Crippen LogP contribution in [0, 0.1) is 0 Å². The Morgan fingerprint density at radius 2 is 2.09 bits per heavy atom. The number of halogens is 1. The first-order valence-corrected chi connectivity index (χ1v) is 8.23. The van der Waals surface area contributed by atoms with E-state index in [1.54, 1.807) is 25.4 Å². The molecule has 0 unspecified atom stereocenters. The first-order chi connectivity index (χ1) is 11.2. The van der Waals surface area contributed by atoms with Gasteiger partial charge in [-0.2, -0.15) is 0 Å². The predicted octanol–water partition coefficient (Wildman–Crippen LogP) is 3.80. The van der Waals surface area contributed by atoms with Gasteiger partial charge in [0.2, 0.25) is 0 Å². The summed E-state index contributed by atoms with van der Waals surface area (Å²) >= 11 is 5.96. The molecule has 1 aromatic carbocycles. The summed E-state index contributed by atoms with van der Waals surface area (Å²) in [5.41, 5.74) is 1.93. The molecule has 1 fully saturated rings. The fourth-order valence-corrected chi connectivity index (χ4v) is 3.18. The third kappa shape index (κ3) is 3.64. The Hall–Kier alpha value is -2.07. The first kappa shape index (κ1) is 15.8. The molecular formula is C18H20ClN3O. The fraction of sp³-hybridized carbons (Fsp3) is 0.333. The van der Waals surface area contributed by atoms with Gasteiger partial charge in [0.15, 0.2) is 0 Å². The van der Waals surface area contributed by atoms with E-state index >= 15 is 0 Å². The third-order valence-corrected chi connectivity index (χ3v) is 4.57. The van der Waals surface area contributed by atoms with Crippen LogP contribution in [0.4, 0.5) is 5.82 Å². The zero-order valence-corrected chi connectivity index (χ0v) is 13.9. The Labute approximate surface area is 141 Å². The topological polar surface area (TPSA) is 45.2 Å². The van der Waals surface area contributed by atoms with Crippen LogP contribution in [0.15, 0.2) is 42.6 Å². The van der Waals surface area contributed by atoms with Gasteiger partial charge in [-0.25, -0.2) is 4.98 Å². The number of pyridine rings is 1. The summed E-state index contributed by atoms with van der Waals surface area (Å²) in [7, 11) is 1.80. The van der Waals surface area contributed by atoms with Gasteiger partial charge in [0, 0.05) is 42.8 Å². The molecular weight excluding hydrogens is 310 g/mol. The van der Waals surface area contributed by atoms with E-state index in [0.29, 0.717) is 17.3 Å². The molecule has 1 aromatic heterocycles. The molecule has 0 radical (unpaired) electrons. The maximum Gasteiger partial charge on any atom is 0.254 e. The minimum Gasteiger partial charge on any atom is -0.373 e. The van der Waals surface area contributed by atoms with Crippen molar-refractivity contribution in [3.8, 4) is 0 Å². The van der Waals surface area contributed by atoms with Gasteiger partial charge in [-0.3, -0.25) is 4.79 Å². The van der Waals surface area contributed by atoms with E-state index in [0.717, 1.165) is 31.0 Å². The van der Waals surface area contributed by atoms with Crippen LogP contribution in [0.3, 0.4) is 0 Å². The number of carbonyl (C=O) groups is 1. The van der Waals surface area contributed by atoms with Crippen molar-refractivity contribution >= 4 is 23.3 Å². The van der Waals surface area contributed by atoms with Crippen LogP contribution in [-0.4, -0.2) is 35.9 Å². The lowest BCUT2D eigenvalue weighted by molar-refractivity contribution is 0.0707. The minimum absolute atomic E-state index is 0.0718. The lowest BCUT2D eigenvalue weighted by Crippen LogP contribution is -2.39. The average molecular weight is 330 g/mol. The van der Waals surface area contributed by atoms with E-state index in [-0.39, 0.29) is 5.91 Å². The van der Waals surface area contributed by atoms with E-state index < -0.39 is 0 Å². The summed E-state index contributed by atoms with van der Waals surface area (Å²) in [4.78, 5) is 18.9. The van der Waals surface area contributed by atoms with Crippen LogP contribution in [0.5, 0.6) is 0 Å². The van der Waals surface area contributed by atoms with Gasteiger partial charge >= 0.3 is 0 Å². The largest absolute Gasteiger partial charge is 0.373 e. The first-order valence-electron chi connectivity index (χ1n) is 7.86. The van der Waals surface area contributed by atoms with Crippen LogP contribution in [-0.2, 0) is 0 Å². The maximum atomic E-state index is 12.7. The van der Waals surface area contributed by atoms with Gasteiger partial charge in [-0.1, -0.05) is 23.7 Å². The normalized spacial score (nSPS) is 17.8. The molecule has 2 aromatic rings. The van der Waals surface area contributed by atoms with E-state index in [1.807, 2.05) is 17.0 Å². The van der Waals surface area contributed by atoms with Crippen LogP contribution in [0.2, 0.25) is 5.02 Å². The number of nitrogens with zero attached hydrogens (tertiary/aromatic N) is 2. The van der Waals surface area contributed by atoms with Crippen molar-refractivity contribution in [1.29, 1.82) is 0 Å². The van der Waals surface area contributed by atoms with Gasteiger partial charge in [0.05, 0.1) is 0 Å². The van der Waals surface area contributed by atoms with Crippen molar-refractivity contribution in [3.05, 3.63) is 58.7 Å². The standard InChI is InChI=1S/C18H20ClN3O/c1-20-17-11-14(8-9-21-17)18(23)22-10-2-3-15(12-22)13-4-6-16(19)7-5-13/h4-9,11,15H,2-3,10,12H2,1H3,(H,20,21)/t15-/m0/s1. The Bertz CT molecular complexity index is 687. The number of piperidine rings is 1. The van der Waals surface area contributed by atoms with Crippen molar-refractivity contribution in [2.24, 2.45) is 0 Å². The molecule has 1 saturated heterocycles. The molecule has 0 saturated carbocycles. The van der Waals surface area contributed by atoms with Gasteiger partial charge in [0.1, 0.15) is 5.82 Å². The summed E-state index contributed by atoms with van der Waals surface area (Å²) < 4.78 is 0. The van der Waals surface area contributed by atoms with Crippen molar-refractivity contribution in [3.63, 3.8) is 0 Å². The van der Waals surface area contributed by atoms with Crippen LogP contribution in [0.25, 0.3) is 0 Å². The van der Waals surface area contributed by atoms with Crippen molar-refractivity contribution in [2.45, 2.75) is 18.8 Å². The van der Waals surface area contributed by atoms with Crippen molar-refractivity contribution in [1.82, 2.24) is 9.88 Å². The number of carbonyl (C=O) groups excluding carboxylic acids is 1. The van der Waals surface area contributed by atoms with E-state index in [2.05, 4.69) is 22.4 Å². The second-order valence-corrected chi connectivity index (χ2v) is 6.26. The van der Waals surface area contributed by atoms with E-state index in [4.69, 9.17) is 11.6 Å². The number of benzene rings is 1. The number of nitrogens with one attached hydrogen (secondary N) is 1. The monoisotopic (exact) mass is 329 g/mol. The summed E-state index contributed by atoms with van der Waals surface area (Å²) in [6, 6.07) is 11.5. The number of rotatable bonds is 3. The van der Waals surface area contributed by atoms with E-state index in [9.17, 15) is 4.79 Å². The molecule has 2 heterocycles. The lowest BCUT2D eigenvalue weighted by Gasteiger charge is -2.33. The van der Waals surface area contributed by atoms with E-state index in [1.165, 1.54) is 5.56 Å². The summed E-state index contributed by atoms with van der Waals surface area (Å²) in [6.07, 6.45) is 3.78. The maximum absolute atomic E-state index is 12.7. The van der Waals surface area contributed by atoms with Gasteiger partial charge in [0.25, 0.3) is 5.91 Å². The van der Waals surface area contributed by atoms with Gasteiger partial charge < -0.3 is 10.2 Å². The third-order valence-electron chi connectivity index (χ3n) is 4.31. The van der Waals surface area contributed by atoms with Gasteiger partial charge in [-0.05, 0) is 42.7 Å². The fourth-order valence-electron chi connectivity index (χ4n) is 3.05. The minimum atomic E-state index is 0.0718. The zero-order valence-electron chi connectivity index (χ0n) is 13.1. The Morgan fingerprint density at radius 1 is 1.30 bits per heavy atom. The number of anilines is 1. The smallest absolute Gasteiger partial charge is 0.254 e. The second-order valence-electron chi connectivity index (χ2n) is 5.82. The highest BCUT2D eigenvalue weighted by atomic mass is 35.5. The molecule has 1 aliphatic rings. The molecule has 1 N–H and O–H groups in total. The van der Waals surface area contributed by atoms with Crippen molar-refractivity contribution in [2.75, 3.05) is 25.5 Å². The molecule has 0 bridgehead atoms. The van der Waals surface area contributed by atoms with Crippen LogP contribution in [0.1, 0.15) is 34.7 Å². The zero-order chi connectivity index (χ0) is 16.2.